The van der Waals surface area contributed by atoms with Crippen molar-refractivity contribution in [2.24, 2.45) is 0 Å². The zero-order chi connectivity index (χ0) is 17.0. The van der Waals surface area contributed by atoms with Crippen LogP contribution in [0.1, 0.15) is 46.5 Å². The molecule has 0 saturated heterocycles. The van der Waals surface area contributed by atoms with Gasteiger partial charge in [-0.1, -0.05) is 104 Å². The average Bonchev–Trinajstić information content (AvgIpc) is 2.86. The standard InChI is InChI=1S/C23H30Si/c1-23(2,3)24(21-16-10-6-11-17-21,22-18-12-7-13-19-22)20-14-8-4-5-9-15-20/h4-7,10-13,16-20H,8-9,14-15H2,1-3H3. The Morgan fingerprint density at radius 1 is 0.708 bits per heavy atom. The SMILES string of the molecule is CC(C)(C)[Si](c1ccccc1)(c1ccccc1)C1CCC=CCC1. The average molecular weight is 335 g/mol. The summed E-state index contributed by atoms with van der Waals surface area (Å²) in [4.78, 5) is 0. The van der Waals surface area contributed by atoms with Crippen LogP contribution < -0.4 is 10.4 Å². The summed E-state index contributed by atoms with van der Waals surface area (Å²) in [6.45, 7) is 7.45. The zero-order valence-electron chi connectivity index (χ0n) is 15.3. The Morgan fingerprint density at radius 2 is 1.12 bits per heavy atom. The highest BCUT2D eigenvalue weighted by Gasteiger charge is 2.52. The minimum atomic E-state index is -1.92. The highest BCUT2D eigenvalue weighted by atomic mass is 28.3. The molecule has 2 aromatic carbocycles. The highest BCUT2D eigenvalue weighted by Crippen LogP contribution is 2.47. The molecule has 2 aromatic rings. The third-order valence-electron chi connectivity index (χ3n) is 5.78. The lowest BCUT2D eigenvalue weighted by Gasteiger charge is -2.49. The number of benzene rings is 2. The molecule has 3 rings (SSSR count). The van der Waals surface area contributed by atoms with Crippen LogP contribution in [0.3, 0.4) is 0 Å². The Labute approximate surface area is 148 Å². The molecule has 0 fully saturated rings. The first-order chi connectivity index (χ1) is 11.6. The second kappa shape index (κ2) is 7.10. The van der Waals surface area contributed by atoms with Crippen molar-refractivity contribution in [3.05, 3.63) is 72.8 Å². The van der Waals surface area contributed by atoms with Gasteiger partial charge in [0.1, 0.15) is 8.07 Å². The fourth-order valence-electron chi connectivity index (χ4n) is 4.93. The van der Waals surface area contributed by atoms with Crippen LogP contribution in [-0.2, 0) is 0 Å². The maximum Gasteiger partial charge on any atom is 0.126 e. The van der Waals surface area contributed by atoms with Crippen LogP contribution in [0, 0.1) is 0 Å². The van der Waals surface area contributed by atoms with Gasteiger partial charge in [0.25, 0.3) is 0 Å². The molecular weight excluding hydrogens is 304 g/mol. The first kappa shape index (κ1) is 17.2. The predicted octanol–water partition coefficient (Wildman–Crippen LogP) is 5.55. The van der Waals surface area contributed by atoms with E-state index in [0.29, 0.717) is 0 Å². The molecule has 0 unspecified atom stereocenters. The van der Waals surface area contributed by atoms with Crippen LogP contribution in [0.5, 0.6) is 0 Å². The highest BCUT2D eigenvalue weighted by molar-refractivity contribution is 7.05. The van der Waals surface area contributed by atoms with Crippen LogP contribution >= 0.6 is 0 Å². The number of rotatable bonds is 3. The first-order valence-corrected chi connectivity index (χ1v) is 11.4. The van der Waals surface area contributed by atoms with Crippen molar-refractivity contribution in [3.8, 4) is 0 Å². The lowest BCUT2D eigenvalue weighted by Crippen LogP contribution is -2.67. The molecule has 0 atom stereocenters. The van der Waals surface area contributed by atoms with Crippen LogP contribution in [0.15, 0.2) is 72.8 Å². The van der Waals surface area contributed by atoms with E-state index in [-0.39, 0.29) is 5.04 Å². The summed E-state index contributed by atoms with van der Waals surface area (Å²) in [5.41, 5.74) is 0.789. The largest absolute Gasteiger partial charge is 0.126 e. The van der Waals surface area contributed by atoms with Gasteiger partial charge in [-0.15, -0.1) is 0 Å². The number of hydrogen-bond acceptors (Lipinski definition) is 0. The Kier molecular flexibility index (Phi) is 5.10. The van der Waals surface area contributed by atoms with Gasteiger partial charge < -0.3 is 0 Å². The molecule has 0 spiro atoms. The van der Waals surface area contributed by atoms with Gasteiger partial charge in [-0.25, -0.2) is 0 Å². The van der Waals surface area contributed by atoms with Crippen molar-refractivity contribution in [1.82, 2.24) is 0 Å². The van der Waals surface area contributed by atoms with Crippen LogP contribution in [-0.4, -0.2) is 8.07 Å². The maximum atomic E-state index is 2.48. The van der Waals surface area contributed by atoms with E-state index >= 15 is 0 Å². The van der Waals surface area contributed by atoms with Gasteiger partial charge in [0.2, 0.25) is 0 Å². The van der Waals surface area contributed by atoms with E-state index in [4.69, 9.17) is 0 Å². The molecule has 0 aromatic heterocycles. The van der Waals surface area contributed by atoms with Crippen molar-refractivity contribution in [2.75, 3.05) is 0 Å². The van der Waals surface area contributed by atoms with Crippen LogP contribution in [0.4, 0.5) is 0 Å². The molecule has 24 heavy (non-hydrogen) atoms. The van der Waals surface area contributed by atoms with Crippen molar-refractivity contribution in [3.63, 3.8) is 0 Å². The molecule has 0 radical (unpaired) electrons. The summed E-state index contributed by atoms with van der Waals surface area (Å²) in [5, 5.41) is 3.50. The molecule has 0 bridgehead atoms. The van der Waals surface area contributed by atoms with Gasteiger partial charge in [-0.3, -0.25) is 0 Å². The van der Waals surface area contributed by atoms with E-state index in [9.17, 15) is 0 Å². The summed E-state index contributed by atoms with van der Waals surface area (Å²) < 4.78 is 0. The fraction of sp³-hybridized carbons (Fsp3) is 0.391. The Morgan fingerprint density at radius 3 is 1.50 bits per heavy atom. The topological polar surface area (TPSA) is 0 Å². The van der Waals surface area contributed by atoms with E-state index in [2.05, 4.69) is 93.6 Å². The number of hydrogen-bond donors (Lipinski definition) is 0. The van der Waals surface area contributed by atoms with Gasteiger partial charge in [0.15, 0.2) is 0 Å². The Balaban J connectivity index is 2.25. The zero-order valence-corrected chi connectivity index (χ0v) is 16.3. The monoisotopic (exact) mass is 334 g/mol. The van der Waals surface area contributed by atoms with E-state index in [0.717, 1.165) is 5.54 Å². The minimum Gasteiger partial charge on any atom is -0.0885 e. The molecular formula is C23H30Si. The normalized spacial score (nSPS) is 16.8. The lowest BCUT2D eigenvalue weighted by molar-refractivity contribution is 0.634. The summed E-state index contributed by atoms with van der Waals surface area (Å²) >= 11 is 0. The minimum absolute atomic E-state index is 0.282. The van der Waals surface area contributed by atoms with Crippen molar-refractivity contribution >= 4 is 18.4 Å². The predicted molar refractivity (Wildman–Crippen MR) is 109 cm³/mol. The molecule has 1 aliphatic rings. The smallest absolute Gasteiger partial charge is 0.0885 e. The van der Waals surface area contributed by atoms with Gasteiger partial charge in [-0.2, -0.15) is 0 Å². The third-order valence-corrected chi connectivity index (χ3v) is 12.4. The molecule has 0 N–H and O–H groups in total. The van der Waals surface area contributed by atoms with Crippen molar-refractivity contribution in [1.29, 1.82) is 0 Å². The van der Waals surface area contributed by atoms with Crippen molar-refractivity contribution < 1.29 is 0 Å². The van der Waals surface area contributed by atoms with E-state index in [1.165, 1.54) is 25.7 Å². The maximum absolute atomic E-state index is 2.48. The Hall–Kier alpha value is -1.60. The molecule has 1 heteroatoms. The lowest BCUT2D eigenvalue weighted by atomic mass is 10.2. The molecule has 0 heterocycles. The number of allylic oxidation sites excluding steroid dienone is 2. The molecule has 1 aliphatic carbocycles. The van der Waals surface area contributed by atoms with E-state index < -0.39 is 8.07 Å². The molecule has 0 amide bonds. The van der Waals surface area contributed by atoms with E-state index in [1.807, 2.05) is 0 Å². The van der Waals surface area contributed by atoms with Gasteiger partial charge in [-0.05, 0) is 36.3 Å². The first-order valence-electron chi connectivity index (χ1n) is 9.33. The second-order valence-corrected chi connectivity index (χ2v) is 13.2. The van der Waals surface area contributed by atoms with E-state index in [1.54, 1.807) is 10.4 Å². The molecule has 0 nitrogen and oxygen atoms in total. The van der Waals surface area contributed by atoms with Crippen molar-refractivity contribution in [2.45, 2.75) is 57.0 Å². The third kappa shape index (κ3) is 3.02. The van der Waals surface area contributed by atoms with Gasteiger partial charge >= 0.3 is 0 Å². The fourth-order valence-corrected chi connectivity index (χ4v) is 11.8. The van der Waals surface area contributed by atoms with Gasteiger partial charge in [0.05, 0.1) is 0 Å². The molecule has 0 aliphatic heterocycles. The summed E-state index contributed by atoms with van der Waals surface area (Å²) in [7, 11) is -1.92. The van der Waals surface area contributed by atoms with Crippen LogP contribution in [0.25, 0.3) is 0 Å². The van der Waals surface area contributed by atoms with Crippen LogP contribution in [0.2, 0.25) is 10.6 Å². The Bertz CT molecular complexity index is 615. The molecule has 0 saturated carbocycles. The van der Waals surface area contributed by atoms with Gasteiger partial charge in [0, 0.05) is 0 Å². The quantitative estimate of drug-likeness (QED) is 0.510. The second-order valence-electron chi connectivity index (χ2n) is 8.11. The summed E-state index contributed by atoms with van der Waals surface area (Å²) in [6.07, 6.45) is 9.91. The molecule has 126 valence electrons. The summed E-state index contributed by atoms with van der Waals surface area (Å²) in [6, 6.07) is 22.9. The summed E-state index contributed by atoms with van der Waals surface area (Å²) in [5.74, 6) is 0.